The van der Waals surface area contributed by atoms with Crippen LogP contribution in [0.4, 0.5) is 0 Å². The van der Waals surface area contributed by atoms with E-state index in [-0.39, 0.29) is 11.9 Å². The van der Waals surface area contributed by atoms with Gasteiger partial charge in [-0.05, 0) is 47.5 Å². The van der Waals surface area contributed by atoms with E-state index >= 15 is 0 Å². The van der Waals surface area contributed by atoms with Crippen LogP contribution in [-0.2, 0) is 13.5 Å². The number of amides is 1. The molecule has 0 spiro atoms. The largest absolute Gasteiger partial charge is 0.391 e. The number of aliphatic hydroxyl groups is 1. The minimum absolute atomic E-state index is 0.205. The van der Waals surface area contributed by atoms with Gasteiger partial charge in [-0.3, -0.25) is 14.5 Å². The Morgan fingerprint density at radius 3 is 2.88 bits per heavy atom. The first-order chi connectivity index (χ1) is 15.6. The molecule has 1 aliphatic rings. The summed E-state index contributed by atoms with van der Waals surface area (Å²) in [6.07, 6.45) is 9.34. The number of aliphatic hydroxyl groups excluding tert-OH is 1. The third-order valence-corrected chi connectivity index (χ3v) is 6.97. The first-order valence-corrected chi connectivity index (χ1v) is 11.7. The highest BCUT2D eigenvalue weighted by atomic mass is 32.1. The summed E-state index contributed by atoms with van der Waals surface area (Å²) in [5, 5.41) is 19.4. The molecule has 5 rings (SSSR count). The Hall–Kier alpha value is -3.10. The van der Waals surface area contributed by atoms with Crippen molar-refractivity contribution in [1.29, 1.82) is 0 Å². The van der Waals surface area contributed by atoms with Crippen molar-refractivity contribution in [1.82, 2.24) is 25.1 Å². The number of fused-ring (bicyclic) bond motifs is 1. The van der Waals surface area contributed by atoms with Gasteiger partial charge in [0.15, 0.2) is 0 Å². The molecule has 2 atom stereocenters. The van der Waals surface area contributed by atoms with Crippen molar-refractivity contribution in [2.45, 2.75) is 44.2 Å². The Bertz CT molecular complexity index is 1250. The van der Waals surface area contributed by atoms with E-state index in [1.807, 2.05) is 43.0 Å². The maximum Gasteiger partial charge on any atom is 0.270 e. The van der Waals surface area contributed by atoms with Gasteiger partial charge in [-0.15, -0.1) is 11.3 Å². The smallest absolute Gasteiger partial charge is 0.270 e. The predicted octanol–water partition coefficient (Wildman–Crippen LogP) is 3.72. The summed E-state index contributed by atoms with van der Waals surface area (Å²) in [4.78, 5) is 22.1. The summed E-state index contributed by atoms with van der Waals surface area (Å²) in [5.41, 5.74) is 5.18. The number of pyridine rings is 2. The van der Waals surface area contributed by atoms with E-state index in [1.165, 1.54) is 0 Å². The Kier molecular flexibility index (Phi) is 5.71. The Morgan fingerprint density at radius 1 is 1.25 bits per heavy atom. The van der Waals surface area contributed by atoms with Crippen LogP contribution in [0.25, 0.3) is 21.5 Å². The number of aryl methyl sites for hydroxylation is 1. The summed E-state index contributed by atoms with van der Waals surface area (Å²) in [7, 11) is 1.89. The number of nitrogens with zero attached hydrogens (tertiary/aromatic N) is 4. The Balaban J connectivity index is 1.39. The SMILES string of the molecule is Cn1cc(-c2ccc(Cc3cc(C(=O)N[C@H]4CCCC[C@@H]4O)nc4ccsc34)cn2)cn1. The average Bonchev–Trinajstić information content (AvgIpc) is 3.45. The maximum absolute atomic E-state index is 12.9. The molecule has 1 fully saturated rings. The Labute approximate surface area is 190 Å². The van der Waals surface area contributed by atoms with E-state index in [4.69, 9.17) is 0 Å². The molecule has 7 nitrogen and oxygen atoms in total. The van der Waals surface area contributed by atoms with E-state index in [0.717, 1.165) is 58.3 Å². The first-order valence-electron chi connectivity index (χ1n) is 10.9. The normalized spacial score (nSPS) is 18.7. The zero-order valence-electron chi connectivity index (χ0n) is 17.9. The standard InChI is InChI=1S/C24H25N5O2S/c1-29-14-17(13-26-29)18-7-6-15(12-25-18)10-16-11-21(27-20-8-9-32-23(16)20)24(31)28-19-4-2-3-5-22(19)30/h6-9,11-14,19,22,30H,2-5,10H2,1H3,(H,28,31)/t19-,22-/m0/s1. The van der Waals surface area contributed by atoms with Gasteiger partial charge in [0.05, 0.1) is 34.3 Å². The molecule has 0 unspecified atom stereocenters. The number of hydrogen-bond acceptors (Lipinski definition) is 6. The van der Waals surface area contributed by atoms with E-state index in [9.17, 15) is 9.90 Å². The molecule has 8 heteroatoms. The van der Waals surface area contributed by atoms with Crippen LogP contribution in [0.5, 0.6) is 0 Å². The van der Waals surface area contributed by atoms with Crippen LogP contribution in [0.3, 0.4) is 0 Å². The van der Waals surface area contributed by atoms with E-state index in [1.54, 1.807) is 22.2 Å². The average molecular weight is 448 g/mol. The second-order valence-electron chi connectivity index (χ2n) is 8.36. The predicted molar refractivity (Wildman–Crippen MR) is 125 cm³/mol. The fourth-order valence-electron chi connectivity index (χ4n) is 4.27. The van der Waals surface area contributed by atoms with Crippen LogP contribution in [-0.4, -0.2) is 42.9 Å². The number of carbonyl (C=O) groups is 1. The molecule has 1 amide bonds. The van der Waals surface area contributed by atoms with Gasteiger partial charge in [0.2, 0.25) is 0 Å². The molecule has 4 heterocycles. The Morgan fingerprint density at radius 2 is 2.12 bits per heavy atom. The lowest BCUT2D eigenvalue weighted by Crippen LogP contribution is -2.45. The lowest BCUT2D eigenvalue weighted by atomic mass is 9.92. The van der Waals surface area contributed by atoms with Crippen molar-refractivity contribution < 1.29 is 9.90 Å². The highest BCUT2D eigenvalue weighted by molar-refractivity contribution is 7.17. The van der Waals surface area contributed by atoms with E-state index in [0.29, 0.717) is 12.1 Å². The van der Waals surface area contributed by atoms with Crippen molar-refractivity contribution in [2.24, 2.45) is 7.05 Å². The molecule has 0 bridgehead atoms. The quantitative estimate of drug-likeness (QED) is 0.486. The van der Waals surface area contributed by atoms with Crippen molar-refractivity contribution in [2.75, 3.05) is 0 Å². The van der Waals surface area contributed by atoms with Gasteiger partial charge in [-0.2, -0.15) is 5.10 Å². The van der Waals surface area contributed by atoms with Gasteiger partial charge in [0.1, 0.15) is 5.69 Å². The van der Waals surface area contributed by atoms with Crippen LogP contribution in [0.1, 0.15) is 47.3 Å². The third-order valence-electron chi connectivity index (χ3n) is 5.99. The topological polar surface area (TPSA) is 92.9 Å². The first kappa shape index (κ1) is 20.8. The summed E-state index contributed by atoms with van der Waals surface area (Å²) < 4.78 is 2.84. The molecular formula is C24H25N5O2S. The van der Waals surface area contributed by atoms with Crippen LogP contribution in [0.2, 0.25) is 0 Å². The maximum atomic E-state index is 12.9. The molecule has 1 aliphatic carbocycles. The lowest BCUT2D eigenvalue weighted by molar-refractivity contribution is 0.0714. The molecular weight excluding hydrogens is 422 g/mol. The van der Waals surface area contributed by atoms with Crippen LogP contribution >= 0.6 is 11.3 Å². The van der Waals surface area contributed by atoms with Gasteiger partial charge >= 0.3 is 0 Å². The number of aromatic nitrogens is 4. The number of rotatable bonds is 5. The van der Waals surface area contributed by atoms with Gasteiger partial charge in [0.25, 0.3) is 5.91 Å². The highest BCUT2D eigenvalue weighted by Crippen LogP contribution is 2.27. The van der Waals surface area contributed by atoms with Crippen LogP contribution < -0.4 is 5.32 Å². The third kappa shape index (κ3) is 4.28. The fourth-order valence-corrected chi connectivity index (χ4v) is 5.12. The molecule has 0 aliphatic heterocycles. The van der Waals surface area contributed by atoms with Gasteiger partial charge in [0, 0.05) is 31.4 Å². The monoisotopic (exact) mass is 447 g/mol. The minimum atomic E-state index is -0.485. The van der Waals surface area contributed by atoms with Gasteiger partial charge in [-0.1, -0.05) is 18.9 Å². The zero-order chi connectivity index (χ0) is 22.1. The van der Waals surface area contributed by atoms with Crippen molar-refractivity contribution in [3.05, 3.63) is 65.1 Å². The second kappa shape index (κ2) is 8.80. The zero-order valence-corrected chi connectivity index (χ0v) is 18.7. The van der Waals surface area contributed by atoms with E-state index in [2.05, 4.69) is 26.4 Å². The van der Waals surface area contributed by atoms with Crippen molar-refractivity contribution >= 4 is 27.5 Å². The molecule has 1 saturated carbocycles. The van der Waals surface area contributed by atoms with Crippen molar-refractivity contribution in [3.63, 3.8) is 0 Å². The molecule has 0 aromatic carbocycles. The number of carbonyl (C=O) groups excluding carboxylic acids is 1. The lowest BCUT2D eigenvalue weighted by Gasteiger charge is -2.28. The van der Waals surface area contributed by atoms with Gasteiger partial charge < -0.3 is 10.4 Å². The second-order valence-corrected chi connectivity index (χ2v) is 9.28. The molecule has 4 aromatic rings. The number of thiophene rings is 1. The van der Waals surface area contributed by atoms with E-state index < -0.39 is 6.10 Å². The molecule has 164 valence electrons. The summed E-state index contributed by atoms with van der Waals surface area (Å²) in [6, 6.07) is 7.67. The highest BCUT2D eigenvalue weighted by Gasteiger charge is 2.25. The molecule has 0 saturated heterocycles. The van der Waals surface area contributed by atoms with Crippen LogP contribution in [0.15, 0.2) is 48.2 Å². The summed E-state index contributed by atoms with van der Waals surface area (Å²) in [5.74, 6) is -0.227. The number of hydrogen-bond donors (Lipinski definition) is 2. The van der Waals surface area contributed by atoms with Crippen LogP contribution in [0, 0.1) is 0 Å². The van der Waals surface area contributed by atoms with Crippen molar-refractivity contribution in [3.8, 4) is 11.3 Å². The van der Waals surface area contributed by atoms with Gasteiger partial charge in [-0.25, -0.2) is 4.98 Å². The molecule has 2 N–H and O–H groups in total. The molecule has 4 aromatic heterocycles. The summed E-state index contributed by atoms with van der Waals surface area (Å²) in [6.45, 7) is 0. The molecule has 0 radical (unpaired) electrons. The minimum Gasteiger partial charge on any atom is -0.391 e. The number of nitrogens with one attached hydrogen (secondary N) is 1. The molecule has 32 heavy (non-hydrogen) atoms. The fraction of sp³-hybridized carbons (Fsp3) is 0.333. The summed E-state index contributed by atoms with van der Waals surface area (Å²) >= 11 is 1.63.